The average molecular weight is 343 g/mol. The van der Waals surface area contributed by atoms with Gasteiger partial charge in [-0.25, -0.2) is 4.98 Å². The maximum absolute atomic E-state index is 8.76. The Kier molecular flexibility index (Phi) is 5.53. The van der Waals surface area contributed by atoms with Crippen LogP contribution in [-0.4, -0.2) is 23.1 Å². The molecule has 0 aliphatic rings. The van der Waals surface area contributed by atoms with Gasteiger partial charge in [-0.1, -0.05) is 12.0 Å². The van der Waals surface area contributed by atoms with Crippen LogP contribution in [0.2, 0.25) is 0 Å². The van der Waals surface area contributed by atoms with E-state index in [1.165, 1.54) is 16.5 Å². The van der Waals surface area contributed by atoms with Crippen LogP contribution in [0.15, 0.2) is 42.6 Å². The van der Waals surface area contributed by atoms with Crippen molar-refractivity contribution >= 4 is 16.6 Å². The summed E-state index contributed by atoms with van der Waals surface area (Å²) in [4.78, 5) is 4.03. The van der Waals surface area contributed by atoms with Gasteiger partial charge in [0, 0.05) is 24.0 Å². The first-order valence-electron chi connectivity index (χ1n) is 8.60. The van der Waals surface area contributed by atoms with Crippen LogP contribution in [0, 0.1) is 23.2 Å². The summed E-state index contributed by atoms with van der Waals surface area (Å²) in [6, 6.07) is 14.2. The summed E-state index contributed by atoms with van der Waals surface area (Å²) < 4.78 is 2.23. The molecule has 0 amide bonds. The lowest BCUT2D eigenvalue weighted by atomic mass is 10.1. The Bertz CT molecular complexity index is 997. The van der Waals surface area contributed by atoms with Crippen molar-refractivity contribution in [2.45, 2.75) is 20.0 Å². The quantitative estimate of drug-likeness (QED) is 0.699. The average Bonchev–Trinajstić information content (AvgIpc) is 3.02. The zero-order valence-electron chi connectivity index (χ0n) is 15.0. The first kappa shape index (κ1) is 17.5. The summed E-state index contributed by atoms with van der Waals surface area (Å²) in [5, 5.41) is 16.4. The van der Waals surface area contributed by atoms with Gasteiger partial charge in [-0.05, 0) is 55.8 Å². The number of nitriles is 1. The van der Waals surface area contributed by atoms with Gasteiger partial charge in [0.15, 0.2) is 0 Å². The molecule has 3 aromatic rings. The minimum Gasteiger partial charge on any atom is -0.373 e. The fourth-order valence-corrected chi connectivity index (χ4v) is 2.92. The predicted molar refractivity (Wildman–Crippen MR) is 105 cm³/mol. The summed E-state index contributed by atoms with van der Waals surface area (Å²) in [7, 11) is 1.95. The normalized spacial score (nSPS) is 10.2. The third kappa shape index (κ3) is 3.85. The molecule has 5 nitrogen and oxygen atoms in total. The fourth-order valence-electron chi connectivity index (χ4n) is 2.92. The Hall–Kier alpha value is -3.28. The van der Waals surface area contributed by atoms with Crippen LogP contribution >= 0.6 is 0 Å². The molecule has 130 valence electrons. The summed E-state index contributed by atoms with van der Waals surface area (Å²) in [6.07, 6.45) is 1.65. The van der Waals surface area contributed by atoms with Crippen molar-refractivity contribution in [2.75, 3.05) is 18.9 Å². The van der Waals surface area contributed by atoms with Crippen LogP contribution in [0.4, 0.5) is 5.69 Å². The molecule has 0 radical (unpaired) electrons. The monoisotopic (exact) mass is 343 g/mol. The highest BCUT2D eigenvalue weighted by Gasteiger charge is 2.06. The van der Waals surface area contributed by atoms with E-state index in [1.807, 2.05) is 19.2 Å². The number of pyridine rings is 1. The molecule has 26 heavy (non-hydrogen) atoms. The van der Waals surface area contributed by atoms with Gasteiger partial charge < -0.3 is 15.2 Å². The predicted octanol–water partition coefficient (Wildman–Crippen LogP) is 3.11. The Morgan fingerprint density at radius 1 is 1.19 bits per heavy atom. The number of hydrogen-bond donors (Lipinski definition) is 2. The highest BCUT2D eigenvalue weighted by atomic mass is 15.0. The third-order valence-corrected chi connectivity index (χ3v) is 4.14. The number of nitrogens with zero attached hydrogens (tertiary/aromatic N) is 3. The van der Waals surface area contributed by atoms with Crippen LogP contribution < -0.4 is 10.6 Å². The molecular weight excluding hydrogens is 322 g/mol. The van der Waals surface area contributed by atoms with Gasteiger partial charge in [-0.2, -0.15) is 5.26 Å². The fraction of sp³-hybridized carbons (Fsp3) is 0.238. The van der Waals surface area contributed by atoms with Crippen LogP contribution in [0.3, 0.4) is 0 Å². The van der Waals surface area contributed by atoms with E-state index < -0.39 is 0 Å². The topological polar surface area (TPSA) is 65.7 Å². The van der Waals surface area contributed by atoms with Crippen molar-refractivity contribution < 1.29 is 0 Å². The van der Waals surface area contributed by atoms with E-state index in [2.05, 4.69) is 63.2 Å². The van der Waals surface area contributed by atoms with E-state index in [-0.39, 0.29) is 0 Å². The Morgan fingerprint density at radius 2 is 2.08 bits per heavy atom. The van der Waals surface area contributed by atoms with Crippen molar-refractivity contribution in [2.24, 2.45) is 0 Å². The van der Waals surface area contributed by atoms with Gasteiger partial charge in [-0.3, -0.25) is 0 Å². The molecule has 2 heterocycles. The van der Waals surface area contributed by atoms with Gasteiger partial charge in [0.1, 0.15) is 11.8 Å². The van der Waals surface area contributed by atoms with Crippen molar-refractivity contribution in [3.8, 4) is 17.9 Å². The largest absolute Gasteiger partial charge is 0.373 e. The van der Waals surface area contributed by atoms with Gasteiger partial charge in [-0.15, -0.1) is 0 Å². The van der Waals surface area contributed by atoms with E-state index >= 15 is 0 Å². The molecule has 5 heteroatoms. The van der Waals surface area contributed by atoms with Gasteiger partial charge in [0.2, 0.25) is 0 Å². The lowest BCUT2D eigenvalue weighted by Crippen LogP contribution is -2.04. The summed E-state index contributed by atoms with van der Waals surface area (Å²) in [5.74, 6) is 6.43. The highest BCUT2D eigenvalue weighted by Crippen LogP contribution is 2.21. The molecule has 1 aromatic carbocycles. The smallest absolute Gasteiger partial charge is 0.140 e. The molecule has 3 rings (SSSR count). The minimum atomic E-state index is 0.409. The number of anilines is 1. The molecule has 0 saturated carbocycles. The minimum absolute atomic E-state index is 0.409. The number of hydrogen-bond acceptors (Lipinski definition) is 4. The molecule has 0 aliphatic heterocycles. The van der Waals surface area contributed by atoms with Gasteiger partial charge in [0.25, 0.3) is 0 Å². The number of aromatic nitrogens is 2. The summed E-state index contributed by atoms with van der Waals surface area (Å²) in [6.45, 7) is 4.39. The highest BCUT2D eigenvalue weighted by molar-refractivity contribution is 5.83. The molecule has 0 bridgehead atoms. The number of benzene rings is 1. The Morgan fingerprint density at radius 3 is 2.77 bits per heavy atom. The van der Waals surface area contributed by atoms with Crippen LogP contribution in [0.5, 0.6) is 0 Å². The first-order valence-corrected chi connectivity index (χ1v) is 8.60. The lowest BCUT2D eigenvalue weighted by molar-refractivity contribution is 0.786. The molecular formula is C21H21N5. The maximum atomic E-state index is 8.76. The van der Waals surface area contributed by atoms with E-state index in [0.717, 1.165) is 24.5 Å². The van der Waals surface area contributed by atoms with Crippen LogP contribution in [0.25, 0.3) is 10.9 Å². The van der Waals surface area contributed by atoms with E-state index in [1.54, 1.807) is 12.3 Å². The number of aryl methyl sites for hydroxylation is 1. The summed E-state index contributed by atoms with van der Waals surface area (Å²) >= 11 is 0. The second-order valence-corrected chi connectivity index (χ2v) is 5.90. The Labute approximate surface area is 153 Å². The van der Waals surface area contributed by atoms with Crippen LogP contribution in [0.1, 0.15) is 23.9 Å². The second-order valence-electron chi connectivity index (χ2n) is 5.90. The molecule has 0 aliphatic carbocycles. The van der Waals surface area contributed by atoms with E-state index in [0.29, 0.717) is 12.2 Å². The molecule has 0 unspecified atom stereocenters. The SMILES string of the molecule is CCn1c(C#CCNc2ccc(C#N)nc2)cc2cc(CNC)ccc21. The number of rotatable bonds is 5. The summed E-state index contributed by atoms with van der Waals surface area (Å²) in [5.41, 5.74) is 4.75. The van der Waals surface area contributed by atoms with Crippen molar-refractivity contribution in [3.05, 3.63) is 59.5 Å². The first-order chi connectivity index (χ1) is 12.7. The molecule has 2 N–H and O–H groups in total. The number of fused-ring (bicyclic) bond motifs is 1. The molecule has 2 aromatic heterocycles. The molecule has 0 saturated heterocycles. The third-order valence-electron chi connectivity index (χ3n) is 4.14. The Balaban J connectivity index is 1.75. The van der Waals surface area contributed by atoms with Gasteiger partial charge >= 0.3 is 0 Å². The van der Waals surface area contributed by atoms with Crippen LogP contribution in [-0.2, 0) is 13.1 Å². The number of nitrogens with one attached hydrogen (secondary N) is 2. The van der Waals surface area contributed by atoms with E-state index in [9.17, 15) is 0 Å². The molecule has 0 atom stereocenters. The van der Waals surface area contributed by atoms with Crippen molar-refractivity contribution in [1.82, 2.24) is 14.9 Å². The van der Waals surface area contributed by atoms with Crippen molar-refractivity contribution in [3.63, 3.8) is 0 Å². The standard InChI is InChI=1S/C21H21N5/c1-3-26-20(12-17-11-16(14-23-2)6-9-21(17)26)5-4-10-24-19-8-7-18(13-22)25-15-19/h6-9,11-12,15,23-24H,3,10,14H2,1-2H3. The van der Waals surface area contributed by atoms with Crippen molar-refractivity contribution in [1.29, 1.82) is 5.26 Å². The second kappa shape index (κ2) is 8.20. The van der Waals surface area contributed by atoms with Gasteiger partial charge in [0.05, 0.1) is 24.1 Å². The van der Waals surface area contributed by atoms with E-state index in [4.69, 9.17) is 5.26 Å². The molecule has 0 fully saturated rings. The maximum Gasteiger partial charge on any atom is 0.140 e. The zero-order valence-corrected chi connectivity index (χ0v) is 15.0. The zero-order chi connectivity index (χ0) is 18.4. The lowest BCUT2D eigenvalue weighted by Gasteiger charge is -2.04. The molecule has 0 spiro atoms.